The number of hydrogen-bond acceptors (Lipinski definition) is 3. The van der Waals surface area contributed by atoms with Gasteiger partial charge in [0.2, 0.25) is 0 Å². The lowest BCUT2D eigenvalue weighted by molar-refractivity contribution is 0.467. The number of phenols is 1. The van der Waals surface area contributed by atoms with Crippen LogP contribution in [-0.2, 0) is 0 Å². The van der Waals surface area contributed by atoms with E-state index in [2.05, 4.69) is 51.3 Å². The molecule has 0 heterocycles. The van der Waals surface area contributed by atoms with Crippen LogP contribution in [0.3, 0.4) is 0 Å². The first kappa shape index (κ1) is 15.8. The van der Waals surface area contributed by atoms with Crippen LogP contribution in [0.25, 0.3) is 11.6 Å². The highest BCUT2D eigenvalue weighted by atomic mass is 127. The molecule has 0 aliphatic rings. The molecule has 102 valence electrons. The number of nitrogens with zero attached hydrogens (tertiary/aromatic N) is 2. The van der Waals surface area contributed by atoms with Gasteiger partial charge in [0.15, 0.2) is 0 Å². The van der Waals surface area contributed by atoms with Gasteiger partial charge in [-0.3, -0.25) is 0 Å². The van der Waals surface area contributed by atoms with Gasteiger partial charge in [-0.2, -0.15) is 10.5 Å². The highest BCUT2D eigenvalue weighted by Gasteiger charge is 2.06. The summed E-state index contributed by atoms with van der Waals surface area (Å²) in [5.41, 5.74) is 2.68. The van der Waals surface area contributed by atoms with E-state index in [9.17, 15) is 10.4 Å². The lowest BCUT2D eigenvalue weighted by atomic mass is 10.0. The van der Waals surface area contributed by atoms with Crippen molar-refractivity contribution in [2.45, 2.75) is 0 Å². The first-order chi connectivity index (χ1) is 10.0. The molecular weight excluding hydrogens is 490 g/mol. The third-order valence-corrected chi connectivity index (χ3v) is 4.44. The Kier molecular flexibility index (Phi) is 5.21. The average molecular weight is 498 g/mol. The predicted octanol–water partition coefficient (Wildman–Crippen LogP) is 4.54. The Hall–Kier alpha value is -1.58. The Morgan fingerprint density at radius 1 is 1.05 bits per heavy atom. The summed E-state index contributed by atoms with van der Waals surface area (Å²) in [4.78, 5) is 0. The van der Waals surface area contributed by atoms with E-state index >= 15 is 0 Å². The topological polar surface area (TPSA) is 67.8 Å². The van der Waals surface area contributed by atoms with Crippen molar-refractivity contribution >= 4 is 56.8 Å². The van der Waals surface area contributed by atoms with Crippen LogP contribution in [0.5, 0.6) is 5.75 Å². The van der Waals surface area contributed by atoms with Crippen molar-refractivity contribution in [3.8, 4) is 17.9 Å². The minimum absolute atomic E-state index is 0.255. The van der Waals surface area contributed by atoms with Crippen molar-refractivity contribution in [1.82, 2.24) is 0 Å². The van der Waals surface area contributed by atoms with Gasteiger partial charge in [-0.1, -0.05) is 12.1 Å². The highest BCUT2D eigenvalue weighted by molar-refractivity contribution is 14.1. The fourth-order valence-electron chi connectivity index (χ4n) is 1.74. The minimum atomic E-state index is 0.255. The fraction of sp³-hybridized carbons (Fsp3) is 0. The van der Waals surface area contributed by atoms with Crippen molar-refractivity contribution in [3.05, 3.63) is 60.2 Å². The number of benzene rings is 2. The summed E-state index contributed by atoms with van der Waals surface area (Å²) in [7, 11) is 0. The summed E-state index contributed by atoms with van der Waals surface area (Å²) in [6.45, 7) is 0. The van der Waals surface area contributed by atoms with E-state index in [0.717, 1.165) is 18.3 Å². The van der Waals surface area contributed by atoms with Crippen LogP contribution in [0.4, 0.5) is 0 Å². The number of allylic oxidation sites excluding steroid dienone is 1. The van der Waals surface area contributed by atoms with Gasteiger partial charge in [0.1, 0.15) is 5.75 Å². The highest BCUT2D eigenvalue weighted by Crippen LogP contribution is 2.29. The molecule has 0 spiro atoms. The molecule has 2 aromatic carbocycles. The summed E-state index contributed by atoms with van der Waals surface area (Å²) < 4.78 is 1.48. The second-order valence-electron chi connectivity index (χ2n) is 4.19. The van der Waals surface area contributed by atoms with E-state index in [1.165, 1.54) is 0 Å². The molecule has 0 fully saturated rings. The molecule has 0 saturated heterocycles. The first-order valence-corrected chi connectivity index (χ1v) is 8.01. The number of rotatable bonds is 2. The Morgan fingerprint density at radius 3 is 2.10 bits per heavy atom. The van der Waals surface area contributed by atoms with Gasteiger partial charge in [0, 0.05) is 0 Å². The molecule has 0 saturated carbocycles. The van der Waals surface area contributed by atoms with Crippen molar-refractivity contribution in [1.29, 1.82) is 10.5 Å². The van der Waals surface area contributed by atoms with Gasteiger partial charge in [0.05, 0.1) is 30.4 Å². The monoisotopic (exact) mass is 498 g/mol. The zero-order valence-corrected chi connectivity index (χ0v) is 15.0. The summed E-state index contributed by atoms with van der Waals surface area (Å²) in [5.74, 6) is 0.255. The van der Waals surface area contributed by atoms with E-state index in [1.54, 1.807) is 30.3 Å². The summed E-state index contributed by atoms with van der Waals surface area (Å²) >= 11 is 4.11. The van der Waals surface area contributed by atoms with Gasteiger partial charge >= 0.3 is 0 Å². The predicted molar refractivity (Wildman–Crippen MR) is 98.2 cm³/mol. The first-order valence-electron chi connectivity index (χ1n) is 5.85. The molecule has 0 aliphatic carbocycles. The molecule has 0 aromatic heterocycles. The van der Waals surface area contributed by atoms with Crippen LogP contribution in [0.15, 0.2) is 36.4 Å². The van der Waals surface area contributed by atoms with Crippen LogP contribution in [0, 0.1) is 29.8 Å². The van der Waals surface area contributed by atoms with E-state index in [1.807, 2.05) is 18.2 Å². The van der Waals surface area contributed by atoms with Gasteiger partial charge in [-0.25, -0.2) is 0 Å². The van der Waals surface area contributed by atoms with E-state index < -0.39 is 0 Å². The SMILES string of the molecule is N#C/C(=C/c1cc(I)c(O)c(I)c1)c1ccc(C#N)cc1. The Bertz CT molecular complexity index is 774. The molecular formula is C16H8I2N2O. The summed E-state index contributed by atoms with van der Waals surface area (Å²) in [6.07, 6.45) is 1.77. The maximum atomic E-state index is 9.77. The molecule has 1 N–H and O–H groups in total. The van der Waals surface area contributed by atoms with Crippen molar-refractivity contribution in [2.75, 3.05) is 0 Å². The quantitative estimate of drug-likeness (QED) is 0.376. The zero-order chi connectivity index (χ0) is 15.4. The molecule has 5 heteroatoms. The summed E-state index contributed by atoms with van der Waals surface area (Å²) in [5, 5.41) is 27.9. The molecule has 21 heavy (non-hydrogen) atoms. The Morgan fingerprint density at radius 2 is 1.62 bits per heavy atom. The molecule has 0 aliphatic heterocycles. The van der Waals surface area contributed by atoms with Crippen molar-refractivity contribution < 1.29 is 5.11 Å². The van der Waals surface area contributed by atoms with E-state index in [-0.39, 0.29) is 5.75 Å². The van der Waals surface area contributed by atoms with Gasteiger partial charge in [-0.05, 0) is 86.7 Å². The lowest BCUT2D eigenvalue weighted by Crippen LogP contribution is -1.86. The summed E-state index contributed by atoms with van der Waals surface area (Å²) in [6, 6.07) is 14.7. The molecule has 3 nitrogen and oxygen atoms in total. The van der Waals surface area contributed by atoms with Gasteiger partial charge in [0.25, 0.3) is 0 Å². The van der Waals surface area contributed by atoms with Gasteiger partial charge < -0.3 is 5.11 Å². The number of aromatic hydroxyl groups is 1. The number of hydrogen-bond donors (Lipinski definition) is 1. The van der Waals surface area contributed by atoms with Crippen LogP contribution >= 0.6 is 45.2 Å². The number of nitriles is 2. The average Bonchev–Trinajstić information content (AvgIpc) is 2.50. The Labute approximate surface area is 149 Å². The largest absolute Gasteiger partial charge is 0.506 e. The molecule has 0 radical (unpaired) electrons. The lowest BCUT2D eigenvalue weighted by Gasteiger charge is -2.04. The maximum absolute atomic E-state index is 9.77. The van der Waals surface area contributed by atoms with E-state index in [0.29, 0.717) is 11.1 Å². The van der Waals surface area contributed by atoms with Crippen molar-refractivity contribution in [3.63, 3.8) is 0 Å². The second-order valence-corrected chi connectivity index (χ2v) is 6.52. The number of halogens is 2. The Balaban J connectivity index is 2.46. The standard InChI is InChI=1S/C16H8I2N2O/c17-14-6-11(7-15(18)16(14)21)5-13(9-20)12-3-1-10(8-19)2-4-12/h1-7,21H/b13-5-. The molecule has 0 unspecified atom stereocenters. The van der Waals surface area contributed by atoms with Crippen LogP contribution in [-0.4, -0.2) is 5.11 Å². The minimum Gasteiger partial charge on any atom is -0.506 e. The van der Waals surface area contributed by atoms with Crippen molar-refractivity contribution in [2.24, 2.45) is 0 Å². The fourth-order valence-corrected chi connectivity index (χ4v) is 3.56. The van der Waals surface area contributed by atoms with Crippen LogP contribution in [0.2, 0.25) is 0 Å². The van der Waals surface area contributed by atoms with Gasteiger partial charge in [-0.15, -0.1) is 0 Å². The maximum Gasteiger partial charge on any atom is 0.142 e. The second kappa shape index (κ2) is 6.92. The molecule has 2 aromatic rings. The van der Waals surface area contributed by atoms with E-state index in [4.69, 9.17) is 5.26 Å². The van der Waals surface area contributed by atoms with Crippen LogP contribution in [0.1, 0.15) is 16.7 Å². The molecule has 0 amide bonds. The third-order valence-electron chi connectivity index (χ3n) is 2.80. The number of phenolic OH excluding ortho intramolecular Hbond substituents is 1. The third kappa shape index (κ3) is 3.74. The normalized spacial score (nSPS) is 10.8. The molecule has 0 bridgehead atoms. The zero-order valence-electron chi connectivity index (χ0n) is 10.6. The smallest absolute Gasteiger partial charge is 0.142 e. The molecule has 0 atom stereocenters. The molecule has 2 rings (SSSR count). The van der Waals surface area contributed by atoms with Crippen LogP contribution < -0.4 is 0 Å².